The molecular weight excluding hydrogens is 368 g/mol. The van der Waals surface area contributed by atoms with E-state index in [9.17, 15) is 9.59 Å². The van der Waals surface area contributed by atoms with Gasteiger partial charge in [0.1, 0.15) is 5.76 Å². The third-order valence-electron chi connectivity index (χ3n) is 4.67. The highest BCUT2D eigenvalue weighted by Crippen LogP contribution is 2.22. The standard InChI is InChI=1S/C23H24N2O4/c1-15-9-11-19(12-10-15)24-23(27)22(18-7-5-4-6-8-18)28-21(26)14-13-20-16(2)25-29-17(20)3/h4-12,22H,13-14H2,1-3H3,(H,24,27)/t22-/m0/s1. The molecule has 6 nitrogen and oxygen atoms in total. The Morgan fingerprint density at radius 3 is 2.34 bits per heavy atom. The molecule has 0 aliphatic rings. The summed E-state index contributed by atoms with van der Waals surface area (Å²) in [6.07, 6.45) is -0.458. The van der Waals surface area contributed by atoms with Crippen molar-refractivity contribution in [3.8, 4) is 0 Å². The maximum Gasteiger partial charge on any atom is 0.307 e. The summed E-state index contributed by atoms with van der Waals surface area (Å²) in [6.45, 7) is 5.61. The lowest BCUT2D eigenvalue weighted by Gasteiger charge is -2.18. The molecule has 0 spiro atoms. The Morgan fingerprint density at radius 2 is 1.72 bits per heavy atom. The van der Waals surface area contributed by atoms with E-state index >= 15 is 0 Å². The fourth-order valence-corrected chi connectivity index (χ4v) is 3.02. The predicted molar refractivity (Wildman–Crippen MR) is 109 cm³/mol. The van der Waals surface area contributed by atoms with Crippen LogP contribution in [-0.4, -0.2) is 17.0 Å². The van der Waals surface area contributed by atoms with Gasteiger partial charge in [-0.3, -0.25) is 9.59 Å². The zero-order chi connectivity index (χ0) is 20.8. The summed E-state index contributed by atoms with van der Waals surface area (Å²) in [6, 6.07) is 16.4. The van der Waals surface area contributed by atoms with Crippen molar-refractivity contribution in [2.45, 2.75) is 39.7 Å². The topological polar surface area (TPSA) is 81.4 Å². The van der Waals surface area contributed by atoms with Crippen LogP contribution in [0.25, 0.3) is 0 Å². The molecule has 2 aromatic carbocycles. The summed E-state index contributed by atoms with van der Waals surface area (Å²) >= 11 is 0. The van der Waals surface area contributed by atoms with Crippen LogP contribution in [0.3, 0.4) is 0 Å². The van der Waals surface area contributed by atoms with Crippen molar-refractivity contribution in [2.75, 3.05) is 5.32 Å². The molecule has 1 amide bonds. The van der Waals surface area contributed by atoms with E-state index in [0.29, 0.717) is 23.4 Å². The Hall–Kier alpha value is -3.41. The zero-order valence-electron chi connectivity index (χ0n) is 16.8. The Balaban J connectivity index is 1.70. The highest BCUT2D eigenvalue weighted by molar-refractivity contribution is 5.96. The Morgan fingerprint density at radius 1 is 1.03 bits per heavy atom. The summed E-state index contributed by atoms with van der Waals surface area (Å²) in [7, 11) is 0. The number of rotatable bonds is 7. The van der Waals surface area contributed by atoms with Gasteiger partial charge >= 0.3 is 5.97 Å². The van der Waals surface area contributed by atoms with E-state index in [4.69, 9.17) is 9.26 Å². The molecule has 0 saturated heterocycles. The van der Waals surface area contributed by atoms with Crippen LogP contribution in [0.1, 0.15) is 40.7 Å². The number of hydrogen-bond acceptors (Lipinski definition) is 5. The van der Waals surface area contributed by atoms with Crippen LogP contribution >= 0.6 is 0 Å². The highest BCUT2D eigenvalue weighted by Gasteiger charge is 2.25. The van der Waals surface area contributed by atoms with Crippen molar-refractivity contribution < 1.29 is 18.8 Å². The van der Waals surface area contributed by atoms with Crippen LogP contribution in [0.15, 0.2) is 59.1 Å². The molecule has 3 rings (SSSR count). The van der Waals surface area contributed by atoms with E-state index in [1.54, 1.807) is 24.3 Å². The van der Waals surface area contributed by atoms with Gasteiger partial charge in [-0.05, 0) is 39.3 Å². The molecule has 3 aromatic rings. The molecule has 29 heavy (non-hydrogen) atoms. The van der Waals surface area contributed by atoms with Crippen molar-refractivity contribution >= 4 is 17.6 Å². The maximum atomic E-state index is 12.9. The average Bonchev–Trinajstić information content (AvgIpc) is 3.04. The highest BCUT2D eigenvalue weighted by atomic mass is 16.5. The molecule has 0 radical (unpaired) electrons. The predicted octanol–water partition coefficient (Wildman–Crippen LogP) is 4.46. The normalized spacial score (nSPS) is 11.7. The molecule has 150 valence electrons. The van der Waals surface area contributed by atoms with Crippen molar-refractivity contribution in [1.29, 1.82) is 0 Å². The van der Waals surface area contributed by atoms with Crippen LogP contribution in [0.5, 0.6) is 0 Å². The molecule has 1 aromatic heterocycles. The average molecular weight is 392 g/mol. The number of esters is 1. The molecule has 0 unspecified atom stereocenters. The third kappa shape index (κ3) is 5.31. The van der Waals surface area contributed by atoms with E-state index in [2.05, 4.69) is 10.5 Å². The number of amides is 1. The van der Waals surface area contributed by atoms with E-state index in [0.717, 1.165) is 16.8 Å². The molecule has 0 bridgehead atoms. The van der Waals surface area contributed by atoms with Crippen molar-refractivity contribution in [3.05, 3.63) is 82.7 Å². The molecule has 6 heteroatoms. The summed E-state index contributed by atoms with van der Waals surface area (Å²) < 4.78 is 10.7. The number of carbonyl (C=O) groups excluding carboxylic acids is 2. The number of benzene rings is 2. The first-order valence-corrected chi connectivity index (χ1v) is 9.47. The minimum absolute atomic E-state index is 0.129. The summed E-state index contributed by atoms with van der Waals surface area (Å²) in [5.41, 5.74) is 4.00. The fourth-order valence-electron chi connectivity index (χ4n) is 3.02. The Kier molecular flexibility index (Phi) is 6.44. The van der Waals surface area contributed by atoms with Gasteiger partial charge in [-0.25, -0.2) is 0 Å². The lowest BCUT2D eigenvalue weighted by atomic mass is 10.1. The number of nitrogens with one attached hydrogen (secondary N) is 1. The minimum atomic E-state index is -1.03. The van der Waals surface area contributed by atoms with E-state index in [-0.39, 0.29) is 6.42 Å². The Labute approximate surface area is 169 Å². The van der Waals surface area contributed by atoms with Crippen LogP contribution in [-0.2, 0) is 20.7 Å². The first-order valence-electron chi connectivity index (χ1n) is 9.47. The number of hydrogen-bond donors (Lipinski definition) is 1. The number of aromatic nitrogens is 1. The SMILES string of the molecule is Cc1ccc(NC(=O)[C@@H](OC(=O)CCc2c(C)noc2C)c2ccccc2)cc1. The van der Waals surface area contributed by atoms with Gasteiger partial charge in [0.15, 0.2) is 0 Å². The quantitative estimate of drug-likeness (QED) is 0.601. The third-order valence-corrected chi connectivity index (χ3v) is 4.67. The summed E-state index contributed by atoms with van der Waals surface area (Å²) in [5.74, 6) is -0.171. The molecule has 0 aliphatic carbocycles. The van der Waals surface area contributed by atoms with Gasteiger partial charge in [0.25, 0.3) is 5.91 Å². The van der Waals surface area contributed by atoms with Crippen LogP contribution in [0.2, 0.25) is 0 Å². The molecule has 1 atom stereocenters. The van der Waals surface area contributed by atoms with Gasteiger partial charge in [-0.15, -0.1) is 0 Å². The van der Waals surface area contributed by atoms with Gasteiger partial charge in [0.05, 0.1) is 5.69 Å². The van der Waals surface area contributed by atoms with Gasteiger partial charge in [-0.1, -0.05) is 53.2 Å². The van der Waals surface area contributed by atoms with Crippen molar-refractivity contribution in [1.82, 2.24) is 5.16 Å². The zero-order valence-corrected chi connectivity index (χ0v) is 16.8. The first-order chi connectivity index (χ1) is 13.9. The summed E-state index contributed by atoms with van der Waals surface area (Å²) in [5, 5.41) is 6.71. The van der Waals surface area contributed by atoms with Crippen LogP contribution in [0.4, 0.5) is 5.69 Å². The molecule has 1 N–H and O–H groups in total. The minimum Gasteiger partial charge on any atom is -0.447 e. The largest absolute Gasteiger partial charge is 0.447 e. The molecule has 0 aliphatic heterocycles. The van der Waals surface area contributed by atoms with E-state index in [1.807, 2.05) is 51.1 Å². The second-order valence-electron chi connectivity index (χ2n) is 6.94. The van der Waals surface area contributed by atoms with Crippen molar-refractivity contribution in [2.24, 2.45) is 0 Å². The lowest BCUT2D eigenvalue weighted by Crippen LogP contribution is -2.26. The van der Waals surface area contributed by atoms with E-state index in [1.165, 1.54) is 0 Å². The van der Waals surface area contributed by atoms with Gasteiger partial charge < -0.3 is 14.6 Å². The second-order valence-corrected chi connectivity index (χ2v) is 6.94. The van der Waals surface area contributed by atoms with Crippen LogP contribution in [0, 0.1) is 20.8 Å². The number of ether oxygens (including phenoxy) is 1. The number of aryl methyl sites for hydroxylation is 3. The molecule has 0 fully saturated rings. The first kappa shape index (κ1) is 20.3. The lowest BCUT2D eigenvalue weighted by molar-refractivity contribution is -0.154. The van der Waals surface area contributed by atoms with E-state index < -0.39 is 18.0 Å². The smallest absolute Gasteiger partial charge is 0.307 e. The van der Waals surface area contributed by atoms with Gasteiger partial charge in [0.2, 0.25) is 6.10 Å². The fraction of sp³-hybridized carbons (Fsp3) is 0.261. The second kappa shape index (κ2) is 9.19. The monoisotopic (exact) mass is 392 g/mol. The molecule has 1 heterocycles. The number of nitrogens with zero attached hydrogens (tertiary/aromatic N) is 1. The maximum absolute atomic E-state index is 12.9. The number of anilines is 1. The van der Waals surface area contributed by atoms with Gasteiger partial charge in [-0.2, -0.15) is 0 Å². The van der Waals surface area contributed by atoms with Crippen molar-refractivity contribution in [3.63, 3.8) is 0 Å². The number of carbonyl (C=O) groups is 2. The Bertz CT molecular complexity index is 958. The molecule has 0 saturated carbocycles. The van der Waals surface area contributed by atoms with Crippen LogP contribution < -0.4 is 5.32 Å². The molecular formula is C23H24N2O4. The van der Waals surface area contributed by atoms with Gasteiger partial charge in [0, 0.05) is 23.2 Å². The summed E-state index contributed by atoms with van der Waals surface area (Å²) in [4.78, 5) is 25.4.